The molecule has 3 nitrogen and oxygen atoms in total. The lowest BCUT2D eigenvalue weighted by Gasteiger charge is -2.24. The van der Waals surface area contributed by atoms with Gasteiger partial charge < -0.3 is 0 Å². The molecule has 0 saturated heterocycles. The van der Waals surface area contributed by atoms with E-state index in [4.69, 9.17) is 11.6 Å². The number of hydrogen-bond donors (Lipinski definition) is 0. The summed E-state index contributed by atoms with van der Waals surface area (Å²) in [5.74, 6) is 0.773. The number of hydrogen-bond acceptors (Lipinski definition) is 3. The summed E-state index contributed by atoms with van der Waals surface area (Å²) in [5, 5.41) is 0.455. The summed E-state index contributed by atoms with van der Waals surface area (Å²) in [6.07, 6.45) is 5.85. The van der Waals surface area contributed by atoms with Crippen LogP contribution >= 0.6 is 11.6 Å². The van der Waals surface area contributed by atoms with Crippen LogP contribution in [0.25, 0.3) is 0 Å². The number of aromatic nitrogens is 2. The molecule has 0 saturated carbocycles. The van der Waals surface area contributed by atoms with Crippen LogP contribution in [-0.4, -0.2) is 28.0 Å². The van der Waals surface area contributed by atoms with Crippen molar-refractivity contribution in [3.63, 3.8) is 0 Å². The second-order valence-electron chi connectivity index (χ2n) is 4.34. The fourth-order valence-corrected chi connectivity index (χ4v) is 1.96. The molecule has 17 heavy (non-hydrogen) atoms. The van der Waals surface area contributed by atoms with E-state index >= 15 is 0 Å². The molecular formula is C13H22ClN3. The summed E-state index contributed by atoms with van der Waals surface area (Å²) in [7, 11) is 0. The zero-order valence-electron chi connectivity index (χ0n) is 11.0. The Morgan fingerprint density at radius 3 is 2.35 bits per heavy atom. The van der Waals surface area contributed by atoms with E-state index in [-0.39, 0.29) is 0 Å². The lowest BCUT2D eigenvalue weighted by molar-refractivity contribution is 0.224. The molecular weight excluding hydrogens is 234 g/mol. The van der Waals surface area contributed by atoms with Gasteiger partial charge in [0.25, 0.3) is 0 Å². The van der Waals surface area contributed by atoms with E-state index in [1.54, 1.807) is 12.4 Å². The SMILES string of the molecule is CCC(CC)CN(CC)Cc1cnc(Cl)cn1. The van der Waals surface area contributed by atoms with Crippen LogP contribution in [0.2, 0.25) is 5.15 Å². The molecule has 0 radical (unpaired) electrons. The third-order valence-electron chi connectivity index (χ3n) is 3.18. The van der Waals surface area contributed by atoms with E-state index in [0.717, 1.165) is 31.2 Å². The zero-order valence-corrected chi connectivity index (χ0v) is 11.7. The van der Waals surface area contributed by atoms with Gasteiger partial charge in [-0.3, -0.25) is 9.88 Å². The first-order valence-electron chi connectivity index (χ1n) is 6.38. The molecule has 1 aromatic rings. The van der Waals surface area contributed by atoms with Gasteiger partial charge in [0.15, 0.2) is 0 Å². The monoisotopic (exact) mass is 255 g/mol. The first kappa shape index (κ1) is 14.4. The van der Waals surface area contributed by atoms with Gasteiger partial charge in [-0.05, 0) is 12.5 Å². The van der Waals surface area contributed by atoms with Crippen LogP contribution in [0.15, 0.2) is 12.4 Å². The Bertz CT molecular complexity index is 309. The second kappa shape index (κ2) is 7.62. The van der Waals surface area contributed by atoms with Crippen molar-refractivity contribution in [1.82, 2.24) is 14.9 Å². The lowest BCUT2D eigenvalue weighted by atomic mass is 10.0. The zero-order chi connectivity index (χ0) is 12.7. The first-order valence-corrected chi connectivity index (χ1v) is 6.76. The Morgan fingerprint density at radius 1 is 1.18 bits per heavy atom. The number of halogens is 1. The van der Waals surface area contributed by atoms with Gasteiger partial charge in [0.2, 0.25) is 0 Å². The predicted octanol–water partition coefficient (Wildman–Crippen LogP) is 3.39. The summed E-state index contributed by atoms with van der Waals surface area (Å²) in [6, 6.07) is 0. The van der Waals surface area contributed by atoms with Gasteiger partial charge in [-0.25, -0.2) is 4.98 Å². The minimum atomic E-state index is 0.455. The van der Waals surface area contributed by atoms with Crippen LogP contribution < -0.4 is 0 Å². The quantitative estimate of drug-likeness (QED) is 0.748. The highest BCUT2D eigenvalue weighted by Crippen LogP contribution is 2.12. The van der Waals surface area contributed by atoms with Crippen molar-refractivity contribution in [3.05, 3.63) is 23.2 Å². The number of rotatable bonds is 7. The van der Waals surface area contributed by atoms with Crippen LogP contribution in [0.4, 0.5) is 0 Å². The summed E-state index contributed by atoms with van der Waals surface area (Å²) in [5.41, 5.74) is 0.988. The van der Waals surface area contributed by atoms with E-state index < -0.39 is 0 Å². The topological polar surface area (TPSA) is 29.0 Å². The molecule has 0 aliphatic carbocycles. The van der Waals surface area contributed by atoms with Gasteiger partial charge in [0.05, 0.1) is 18.1 Å². The molecule has 0 N–H and O–H groups in total. The molecule has 1 heterocycles. The maximum atomic E-state index is 5.72. The molecule has 1 aromatic heterocycles. The van der Waals surface area contributed by atoms with Crippen molar-refractivity contribution in [1.29, 1.82) is 0 Å². The maximum Gasteiger partial charge on any atom is 0.147 e. The van der Waals surface area contributed by atoms with E-state index in [9.17, 15) is 0 Å². The molecule has 0 fully saturated rings. The Kier molecular flexibility index (Phi) is 6.45. The predicted molar refractivity (Wildman–Crippen MR) is 72.1 cm³/mol. The maximum absolute atomic E-state index is 5.72. The molecule has 1 rings (SSSR count). The normalized spacial score (nSPS) is 11.4. The smallest absolute Gasteiger partial charge is 0.147 e. The van der Waals surface area contributed by atoms with E-state index in [1.165, 1.54) is 12.8 Å². The van der Waals surface area contributed by atoms with Crippen molar-refractivity contribution < 1.29 is 0 Å². The minimum absolute atomic E-state index is 0.455. The van der Waals surface area contributed by atoms with E-state index in [0.29, 0.717) is 5.15 Å². The highest BCUT2D eigenvalue weighted by atomic mass is 35.5. The van der Waals surface area contributed by atoms with Crippen LogP contribution in [0.5, 0.6) is 0 Å². The molecule has 0 aliphatic rings. The molecule has 0 bridgehead atoms. The highest BCUT2D eigenvalue weighted by molar-refractivity contribution is 6.29. The average Bonchev–Trinajstić information content (AvgIpc) is 2.37. The van der Waals surface area contributed by atoms with E-state index in [1.807, 2.05) is 0 Å². The van der Waals surface area contributed by atoms with Crippen molar-refractivity contribution in [3.8, 4) is 0 Å². The van der Waals surface area contributed by atoms with Gasteiger partial charge in [-0.1, -0.05) is 45.2 Å². The fraction of sp³-hybridized carbons (Fsp3) is 0.692. The van der Waals surface area contributed by atoms with Crippen LogP contribution in [-0.2, 0) is 6.54 Å². The molecule has 0 amide bonds. The molecule has 4 heteroatoms. The van der Waals surface area contributed by atoms with Gasteiger partial charge >= 0.3 is 0 Å². The number of nitrogens with zero attached hydrogens (tertiary/aromatic N) is 3. The molecule has 0 unspecified atom stereocenters. The highest BCUT2D eigenvalue weighted by Gasteiger charge is 2.11. The summed E-state index contributed by atoms with van der Waals surface area (Å²) < 4.78 is 0. The molecule has 0 aromatic carbocycles. The summed E-state index contributed by atoms with van der Waals surface area (Å²) >= 11 is 5.72. The van der Waals surface area contributed by atoms with Crippen LogP contribution in [0, 0.1) is 5.92 Å². The third kappa shape index (κ3) is 5.00. The largest absolute Gasteiger partial charge is 0.297 e. The Morgan fingerprint density at radius 2 is 1.88 bits per heavy atom. The van der Waals surface area contributed by atoms with Crippen molar-refractivity contribution in [2.45, 2.75) is 40.2 Å². The van der Waals surface area contributed by atoms with Crippen LogP contribution in [0.3, 0.4) is 0 Å². The second-order valence-corrected chi connectivity index (χ2v) is 4.73. The lowest BCUT2D eigenvalue weighted by Crippen LogP contribution is -2.29. The first-order chi connectivity index (χ1) is 8.19. The summed E-state index contributed by atoms with van der Waals surface area (Å²) in [4.78, 5) is 10.8. The van der Waals surface area contributed by atoms with Gasteiger partial charge in [0.1, 0.15) is 5.15 Å². The fourth-order valence-electron chi connectivity index (χ4n) is 1.87. The molecule has 96 valence electrons. The van der Waals surface area contributed by atoms with Crippen molar-refractivity contribution in [2.75, 3.05) is 13.1 Å². The Hall–Kier alpha value is -0.670. The van der Waals surface area contributed by atoms with Crippen molar-refractivity contribution >= 4 is 11.6 Å². The summed E-state index contributed by atoms with van der Waals surface area (Å²) in [6.45, 7) is 9.73. The van der Waals surface area contributed by atoms with E-state index in [2.05, 4.69) is 35.6 Å². The van der Waals surface area contributed by atoms with Gasteiger partial charge in [-0.2, -0.15) is 0 Å². The van der Waals surface area contributed by atoms with Crippen LogP contribution in [0.1, 0.15) is 39.3 Å². The molecule has 0 spiro atoms. The third-order valence-corrected chi connectivity index (χ3v) is 3.37. The Balaban J connectivity index is 2.54. The average molecular weight is 256 g/mol. The van der Waals surface area contributed by atoms with Gasteiger partial charge in [0, 0.05) is 13.1 Å². The van der Waals surface area contributed by atoms with Crippen molar-refractivity contribution in [2.24, 2.45) is 5.92 Å². The minimum Gasteiger partial charge on any atom is -0.297 e. The molecule has 0 atom stereocenters. The van der Waals surface area contributed by atoms with Gasteiger partial charge in [-0.15, -0.1) is 0 Å². The standard InChI is InChI=1S/C13H22ClN3/c1-4-11(5-2)9-17(6-3)10-12-7-16-13(14)8-15-12/h7-8,11H,4-6,9-10H2,1-3H3. The Labute approximate surface area is 109 Å². The molecule has 0 aliphatic heterocycles.